The number of esters is 1. The van der Waals surface area contributed by atoms with Crippen LogP contribution in [0.1, 0.15) is 80.7 Å². The van der Waals surface area contributed by atoms with Crippen molar-refractivity contribution in [1.82, 2.24) is 9.97 Å². The number of para-hydroxylation sites is 1. The fraction of sp³-hybridized carbons (Fsp3) is 0.500. The Kier molecular flexibility index (Phi) is 18.0. The van der Waals surface area contributed by atoms with Gasteiger partial charge in [0, 0.05) is 29.6 Å². The number of carbonyl (C=O) groups is 4. The first-order chi connectivity index (χ1) is 28.2. The van der Waals surface area contributed by atoms with E-state index in [-0.39, 0.29) is 96.6 Å². The van der Waals surface area contributed by atoms with Crippen LogP contribution in [0.5, 0.6) is 5.75 Å². The van der Waals surface area contributed by atoms with Gasteiger partial charge in [0.1, 0.15) is 36.0 Å². The molecule has 1 unspecified atom stereocenters. The van der Waals surface area contributed by atoms with E-state index in [9.17, 15) is 29.3 Å². The number of fused-ring (bicyclic) bond motifs is 1. The number of ether oxygens (including phenoxy) is 4. The highest BCUT2D eigenvalue weighted by Gasteiger charge is 2.39. The molecule has 1 amide bonds. The molecule has 1 saturated heterocycles. The maximum atomic E-state index is 12.8. The van der Waals surface area contributed by atoms with Gasteiger partial charge in [0.2, 0.25) is 5.71 Å². The number of nitrogens with zero attached hydrogens (tertiary/aromatic N) is 4. The summed E-state index contributed by atoms with van der Waals surface area (Å²) in [5.74, 6) is -2.83. The zero-order valence-corrected chi connectivity index (χ0v) is 34.5. The molecule has 2 aromatic heterocycles. The van der Waals surface area contributed by atoms with Crippen molar-refractivity contribution in [3.05, 3.63) is 51.5 Å². The first kappa shape index (κ1) is 46.5. The van der Waals surface area contributed by atoms with Gasteiger partial charge in [-0.15, -0.1) is 22.7 Å². The molecule has 2 atom stereocenters. The van der Waals surface area contributed by atoms with E-state index in [0.717, 1.165) is 41.9 Å². The molecule has 2 aliphatic rings. The number of aliphatic hydroxyl groups is 1. The van der Waals surface area contributed by atoms with Crippen LogP contribution in [0.2, 0.25) is 5.82 Å². The number of thiazole rings is 2. The molecule has 0 bridgehead atoms. The minimum Gasteiger partial charge on any atom is -0.535 e. The zero-order chi connectivity index (χ0) is 43.0. The molecule has 4 heterocycles. The Morgan fingerprint density at radius 1 is 1.03 bits per heavy atom. The molecule has 5 rings (SSSR count). The minimum atomic E-state index is -1.37. The van der Waals surface area contributed by atoms with Crippen LogP contribution < -0.4 is 15.7 Å². The summed E-state index contributed by atoms with van der Waals surface area (Å²) in [6, 6.07) is 4.65. The van der Waals surface area contributed by atoms with Crippen molar-refractivity contribution >= 4 is 75.3 Å². The summed E-state index contributed by atoms with van der Waals surface area (Å²) in [6.45, 7) is 7.85. The smallest absolute Gasteiger partial charge is 0.526 e. The first-order valence-corrected chi connectivity index (χ1v) is 20.3. The van der Waals surface area contributed by atoms with Crippen molar-refractivity contribution in [1.29, 1.82) is 0 Å². The number of nitrogens with two attached hydrogens (primary N) is 1. The summed E-state index contributed by atoms with van der Waals surface area (Å²) in [6.07, 6.45) is 2.20. The van der Waals surface area contributed by atoms with Gasteiger partial charge in [0.05, 0.1) is 25.4 Å². The molecular formula is C36H47BN6O14S2. The SMILES string of the molecule is CCOC(=O)C(=NOCCOC1CCCCO1)c1csc(NC(=O)OC(C)(C)C)n1.Nc1nc(/C(=N/OCCO)C(=O)C[C@H]2Cc3cccc(C(=O)O)c3OB2O)cs1. The van der Waals surface area contributed by atoms with Gasteiger partial charge in [-0.2, -0.15) is 0 Å². The molecule has 23 heteroatoms. The normalized spacial score (nSPS) is 16.7. The second kappa shape index (κ2) is 22.8. The number of oxime groups is 2. The summed E-state index contributed by atoms with van der Waals surface area (Å²) in [5, 5.41) is 42.2. The Bertz CT molecular complexity index is 1950. The van der Waals surface area contributed by atoms with E-state index >= 15 is 0 Å². The van der Waals surface area contributed by atoms with E-state index in [1.54, 1.807) is 50.6 Å². The van der Waals surface area contributed by atoms with Crippen molar-refractivity contribution in [3.63, 3.8) is 0 Å². The van der Waals surface area contributed by atoms with Gasteiger partial charge in [-0.05, 0) is 65.0 Å². The Hall–Kier alpha value is -5.20. The lowest BCUT2D eigenvalue weighted by Gasteiger charge is -2.27. The second-order valence-corrected chi connectivity index (χ2v) is 15.3. The third kappa shape index (κ3) is 14.8. The molecule has 20 nitrogen and oxygen atoms in total. The highest BCUT2D eigenvalue weighted by molar-refractivity contribution is 7.14. The van der Waals surface area contributed by atoms with Crippen LogP contribution in [0.15, 0.2) is 39.3 Å². The van der Waals surface area contributed by atoms with E-state index in [2.05, 4.69) is 25.6 Å². The number of nitrogen functional groups attached to an aromatic ring is 1. The number of rotatable bonds is 17. The van der Waals surface area contributed by atoms with Crippen LogP contribution in [0.4, 0.5) is 15.1 Å². The Balaban J connectivity index is 0.000000261. The Morgan fingerprint density at radius 2 is 1.76 bits per heavy atom. The molecule has 59 heavy (non-hydrogen) atoms. The molecular weight excluding hydrogens is 815 g/mol. The van der Waals surface area contributed by atoms with Crippen LogP contribution in [-0.2, 0) is 44.6 Å². The number of Topliss-reactive ketones (excluding diaryl/α,β-unsaturated/α-hetero) is 1. The van der Waals surface area contributed by atoms with E-state index in [4.69, 9.17) is 44.1 Å². The molecule has 6 N–H and O–H groups in total. The van der Waals surface area contributed by atoms with Crippen LogP contribution in [0, 0.1) is 0 Å². The predicted octanol–water partition coefficient (Wildman–Crippen LogP) is 3.90. The van der Waals surface area contributed by atoms with Gasteiger partial charge in [0.25, 0.3) is 0 Å². The quantitative estimate of drug-likeness (QED) is 0.0423. The summed E-state index contributed by atoms with van der Waals surface area (Å²) in [7, 11) is -1.37. The lowest BCUT2D eigenvalue weighted by Crippen LogP contribution is -2.37. The highest BCUT2D eigenvalue weighted by atomic mass is 32.1. The molecule has 3 aromatic rings. The number of carboxylic acids is 1. The fourth-order valence-corrected chi connectivity index (χ4v) is 6.57. The van der Waals surface area contributed by atoms with Gasteiger partial charge >= 0.3 is 25.2 Å². The fourth-order valence-electron chi connectivity index (χ4n) is 5.34. The topological polar surface area (TPSA) is 282 Å². The van der Waals surface area contributed by atoms with Gasteiger partial charge in [-0.25, -0.2) is 24.4 Å². The van der Waals surface area contributed by atoms with Crippen LogP contribution >= 0.6 is 22.7 Å². The van der Waals surface area contributed by atoms with Crippen molar-refractivity contribution in [2.75, 3.05) is 50.7 Å². The molecule has 1 aromatic carbocycles. The van der Waals surface area contributed by atoms with Gasteiger partial charge in [0.15, 0.2) is 28.0 Å². The number of amides is 1. The van der Waals surface area contributed by atoms with Crippen molar-refractivity contribution in [2.45, 2.75) is 77.5 Å². The molecule has 0 saturated carbocycles. The van der Waals surface area contributed by atoms with Crippen molar-refractivity contribution in [3.8, 4) is 5.75 Å². The molecule has 0 spiro atoms. The second-order valence-electron chi connectivity index (χ2n) is 13.6. The van der Waals surface area contributed by atoms with Gasteiger partial charge < -0.3 is 54.2 Å². The van der Waals surface area contributed by atoms with Crippen molar-refractivity contribution < 1.29 is 67.7 Å². The number of hydrogen-bond donors (Lipinski definition) is 5. The summed E-state index contributed by atoms with van der Waals surface area (Å²) in [4.78, 5) is 66.7. The number of ketones is 1. The number of aromatic nitrogens is 2. The summed E-state index contributed by atoms with van der Waals surface area (Å²) in [5.41, 5.74) is 5.79. The van der Waals surface area contributed by atoms with E-state index in [1.165, 1.54) is 6.07 Å². The molecule has 320 valence electrons. The lowest BCUT2D eigenvalue weighted by atomic mass is 9.64. The highest BCUT2D eigenvalue weighted by Crippen LogP contribution is 2.36. The number of aliphatic hydroxyl groups excluding tert-OH is 1. The number of nitrogens with one attached hydrogen (secondary N) is 1. The Labute approximate surface area is 347 Å². The summed E-state index contributed by atoms with van der Waals surface area (Å²) >= 11 is 2.25. The number of aromatic carboxylic acids is 1. The van der Waals surface area contributed by atoms with Crippen molar-refractivity contribution in [2.24, 2.45) is 10.3 Å². The molecule has 2 aliphatic heterocycles. The minimum absolute atomic E-state index is 0.0519. The predicted molar refractivity (Wildman–Crippen MR) is 216 cm³/mol. The zero-order valence-electron chi connectivity index (χ0n) is 32.9. The number of carboxylic acid groups (broad SMARTS) is 1. The number of hydrogen-bond acceptors (Lipinski definition) is 20. The third-order valence-corrected chi connectivity index (χ3v) is 9.29. The molecule has 0 radical (unpaired) electrons. The maximum Gasteiger partial charge on any atom is 0.526 e. The largest absolute Gasteiger partial charge is 0.535 e. The van der Waals surface area contributed by atoms with E-state index in [0.29, 0.717) is 12.2 Å². The summed E-state index contributed by atoms with van der Waals surface area (Å²) < 4.78 is 26.6. The van der Waals surface area contributed by atoms with Crippen LogP contribution in [0.3, 0.4) is 0 Å². The lowest BCUT2D eigenvalue weighted by molar-refractivity contribution is -0.169. The Morgan fingerprint density at radius 3 is 2.42 bits per heavy atom. The van der Waals surface area contributed by atoms with Gasteiger partial charge in [-0.3, -0.25) is 10.1 Å². The van der Waals surface area contributed by atoms with Gasteiger partial charge in [-0.1, -0.05) is 22.4 Å². The number of benzene rings is 1. The monoisotopic (exact) mass is 862 g/mol. The van der Waals surface area contributed by atoms with E-state index in [1.807, 2.05) is 0 Å². The maximum absolute atomic E-state index is 12.8. The number of carbonyl (C=O) groups excluding carboxylic acids is 3. The van der Waals surface area contributed by atoms with E-state index < -0.39 is 42.4 Å². The third-order valence-electron chi connectivity index (χ3n) is 7.86. The average molecular weight is 863 g/mol. The average Bonchev–Trinajstić information content (AvgIpc) is 3.83. The standard InChI is InChI=1S/C19H29N3O7S.C17H18BN3O7S/c1-5-25-16(23)15(22-28-11-10-27-14-8-6-7-9-26-14)13-12-30-17(20-13)21-18(24)29-19(2,3)4;19-17-20-12(8-29-17)14(21-27-5-4-22)13(23)7-10-6-9-2-1-3-11(16(24)25)15(9)28-18(10)26/h12,14H,5-11H2,1-4H3,(H,20,21,24);1-3,8,10,22,26H,4-7H2,(H2,19,20)(H,24,25)/b;21-14-/t;10-/m.1/s1. The van der Waals surface area contributed by atoms with Crippen LogP contribution in [0.25, 0.3) is 0 Å². The molecule has 1 fully saturated rings. The first-order valence-electron chi connectivity index (χ1n) is 18.5. The molecule has 0 aliphatic carbocycles. The number of anilines is 2. The van der Waals surface area contributed by atoms with Crippen LogP contribution in [-0.4, -0.2) is 119 Å².